The lowest BCUT2D eigenvalue weighted by molar-refractivity contribution is -0.121. The molecule has 6 heteroatoms. The molecule has 1 aromatic heterocycles. The van der Waals surface area contributed by atoms with Gasteiger partial charge in [0.1, 0.15) is 17.1 Å². The highest BCUT2D eigenvalue weighted by Crippen LogP contribution is 2.16. The van der Waals surface area contributed by atoms with Gasteiger partial charge in [0, 0.05) is 18.4 Å². The maximum absolute atomic E-state index is 12.2. The number of ether oxygens (including phenoxy) is 1. The Labute approximate surface area is 152 Å². The molecule has 26 heavy (non-hydrogen) atoms. The molecule has 1 N–H and O–H groups in total. The summed E-state index contributed by atoms with van der Waals surface area (Å²) >= 11 is 0. The van der Waals surface area contributed by atoms with Crippen molar-refractivity contribution in [1.29, 1.82) is 0 Å². The third-order valence-corrected chi connectivity index (χ3v) is 4.24. The number of methoxy groups -OCH3 is 1. The Balaban J connectivity index is 1.84. The summed E-state index contributed by atoms with van der Waals surface area (Å²) in [6, 6.07) is 7.07. The SMILES string of the molecule is COC(=O)c1cc(CNC(=O)CCC(=O)c2ccc(C)c(C)c2)oc1C. The van der Waals surface area contributed by atoms with Crippen LogP contribution in [-0.2, 0) is 16.1 Å². The van der Waals surface area contributed by atoms with Gasteiger partial charge in [-0.15, -0.1) is 0 Å². The van der Waals surface area contributed by atoms with Gasteiger partial charge in [-0.05, 0) is 44.0 Å². The first-order chi connectivity index (χ1) is 12.3. The molecule has 0 aliphatic heterocycles. The van der Waals surface area contributed by atoms with E-state index in [2.05, 4.69) is 10.1 Å². The molecule has 0 unspecified atom stereocenters. The van der Waals surface area contributed by atoms with Crippen LogP contribution in [-0.4, -0.2) is 24.8 Å². The summed E-state index contributed by atoms with van der Waals surface area (Å²) in [6.45, 7) is 5.74. The van der Waals surface area contributed by atoms with Crippen LogP contribution in [0.3, 0.4) is 0 Å². The summed E-state index contributed by atoms with van der Waals surface area (Å²) in [5.41, 5.74) is 3.13. The number of Topliss-reactive ketones (excluding diaryl/α,β-unsaturated/α-hetero) is 1. The number of carbonyl (C=O) groups is 3. The topological polar surface area (TPSA) is 85.6 Å². The van der Waals surface area contributed by atoms with Gasteiger partial charge in [0.2, 0.25) is 5.91 Å². The van der Waals surface area contributed by atoms with E-state index in [-0.39, 0.29) is 31.1 Å². The minimum Gasteiger partial charge on any atom is -0.465 e. The van der Waals surface area contributed by atoms with Gasteiger partial charge < -0.3 is 14.5 Å². The first-order valence-corrected chi connectivity index (χ1v) is 8.36. The van der Waals surface area contributed by atoms with E-state index < -0.39 is 5.97 Å². The molecule has 1 amide bonds. The van der Waals surface area contributed by atoms with Gasteiger partial charge in [-0.3, -0.25) is 9.59 Å². The molecule has 0 saturated heterocycles. The van der Waals surface area contributed by atoms with E-state index in [1.807, 2.05) is 26.0 Å². The molecule has 0 aliphatic rings. The predicted octanol–water partition coefficient (Wildman–Crippen LogP) is 3.27. The quantitative estimate of drug-likeness (QED) is 0.607. The minimum absolute atomic E-state index is 0.0647. The largest absolute Gasteiger partial charge is 0.465 e. The van der Waals surface area contributed by atoms with Gasteiger partial charge in [0.25, 0.3) is 0 Å². The zero-order valence-corrected chi connectivity index (χ0v) is 15.5. The number of hydrogen-bond donors (Lipinski definition) is 1. The van der Waals surface area contributed by atoms with Gasteiger partial charge in [-0.2, -0.15) is 0 Å². The van der Waals surface area contributed by atoms with Gasteiger partial charge in [-0.1, -0.05) is 12.1 Å². The lowest BCUT2D eigenvalue weighted by Gasteiger charge is -2.05. The third kappa shape index (κ3) is 4.81. The molecule has 0 radical (unpaired) electrons. The highest BCUT2D eigenvalue weighted by molar-refractivity contribution is 5.98. The monoisotopic (exact) mass is 357 g/mol. The van der Waals surface area contributed by atoms with E-state index in [1.165, 1.54) is 7.11 Å². The molecule has 138 valence electrons. The van der Waals surface area contributed by atoms with Crippen LogP contribution >= 0.6 is 0 Å². The van der Waals surface area contributed by atoms with E-state index in [0.717, 1.165) is 11.1 Å². The number of nitrogens with one attached hydrogen (secondary N) is 1. The molecule has 1 heterocycles. The fourth-order valence-corrected chi connectivity index (χ4v) is 2.50. The molecule has 0 fully saturated rings. The summed E-state index contributed by atoms with van der Waals surface area (Å²) in [7, 11) is 1.29. The number of ketones is 1. The van der Waals surface area contributed by atoms with E-state index in [4.69, 9.17) is 4.42 Å². The molecule has 6 nitrogen and oxygen atoms in total. The van der Waals surface area contributed by atoms with Crippen LogP contribution < -0.4 is 5.32 Å². The van der Waals surface area contributed by atoms with Crippen molar-refractivity contribution in [3.63, 3.8) is 0 Å². The maximum atomic E-state index is 12.2. The molecule has 0 aliphatic carbocycles. The maximum Gasteiger partial charge on any atom is 0.341 e. The van der Waals surface area contributed by atoms with Gasteiger partial charge in [-0.25, -0.2) is 4.79 Å². The van der Waals surface area contributed by atoms with Crippen LogP contribution in [0.1, 0.15) is 56.2 Å². The first kappa shape index (κ1) is 19.4. The molecular weight excluding hydrogens is 334 g/mol. The summed E-state index contributed by atoms with van der Waals surface area (Å²) in [4.78, 5) is 35.7. The highest BCUT2D eigenvalue weighted by Gasteiger charge is 2.16. The van der Waals surface area contributed by atoms with Crippen molar-refractivity contribution in [2.24, 2.45) is 0 Å². The van der Waals surface area contributed by atoms with Crippen LogP contribution in [0.5, 0.6) is 0 Å². The second-order valence-corrected chi connectivity index (χ2v) is 6.17. The van der Waals surface area contributed by atoms with Crippen molar-refractivity contribution in [3.8, 4) is 0 Å². The Bertz CT molecular complexity index is 835. The molecule has 2 aromatic rings. The molecule has 0 atom stereocenters. The smallest absolute Gasteiger partial charge is 0.341 e. The Morgan fingerprint density at radius 1 is 1.04 bits per heavy atom. The lowest BCUT2D eigenvalue weighted by Crippen LogP contribution is -2.23. The van der Waals surface area contributed by atoms with Gasteiger partial charge >= 0.3 is 5.97 Å². The van der Waals surface area contributed by atoms with Crippen LogP contribution in [0, 0.1) is 20.8 Å². The second-order valence-electron chi connectivity index (χ2n) is 6.17. The fourth-order valence-electron chi connectivity index (χ4n) is 2.50. The summed E-state index contributed by atoms with van der Waals surface area (Å²) in [5.74, 6) is 0.0893. The van der Waals surface area contributed by atoms with Crippen LogP contribution in [0.2, 0.25) is 0 Å². The predicted molar refractivity (Wildman–Crippen MR) is 96.1 cm³/mol. The van der Waals surface area contributed by atoms with Crippen LogP contribution in [0.4, 0.5) is 0 Å². The number of furan rings is 1. The van der Waals surface area contributed by atoms with Crippen LogP contribution in [0.15, 0.2) is 28.7 Å². The molecule has 2 rings (SSSR count). The molecule has 0 bridgehead atoms. The third-order valence-electron chi connectivity index (χ3n) is 4.24. The normalized spacial score (nSPS) is 10.5. The summed E-state index contributed by atoms with van der Waals surface area (Å²) in [5, 5.41) is 2.69. The number of amides is 1. The zero-order valence-electron chi connectivity index (χ0n) is 15.5. The summed E-state index contributed by atoms with van der Waals surface area (Å²) in [6.07, 6.45) is 0.230. The minimum atomic E-state index is -0.484. The van der Waals surface area contributed by atoms with Gasteiger partial charge in [0.05, 0.1) is 13.7 Å². The van der Waals surface area contributed by atoms with E-state index in [1.54, 1.807) is 19.1 Å². The van der Waals surface area contributed by atoms with Gasteiger partial charge in [0.15, 0.2) is 5.78 Å². The molecule has 0 saturated carbocycles. The molecule has 0 spiro atoms. The lowest BCUT2D eigenvalue weighted by atomic mass is 10.0. The fraction of sp³-hybridized carbons (Fsp3) is 0.350. The standard InChI is InChI=1S/C20H23NO5/c1-12-5-6-15(9-13(12)2)18(22)7-8-19(23)21-11-16-10-17(14(3)26-16)20(24)25-4/h5-6,9-10H,7-8,11H2,1-4H3,(H,21,23). The Morgan fingerprint density at radius 2 is 1.77 bits per heavy atom. The average Bonchev–Trinajstić information content (AvgIpc) is 3.00. The van der Waals surface area contributed by atoms with Crippen molar-refractivity contribution in [3.05, 3.63) is 58.0 Å². The van der Waals surface area contributed by atoms with E-state index >= 15 is 0 Å². The Hall–Kier alpha value is -2.89. The Morgan fingerprint density at radius 3 is 2.42 bits per heavy atom. The first-order valence-electron chi connectivity index (χ1n) is 8.36. The van der Waals surface area contributed by atoms with Crippen molar-refractivity contribution >= 4 is 17.7 Å². The van der Waals surface area contributed by atoms with Crippen molar-refractivity contribution in [2.45, 2.75) is 40.2 Å². The number of aryl methyl sites for hydroxylation is 3. The second kappa shape index (κ2) is 8.47. The molecular formula is C20H23NO5. The van der Waals surface area contributed by atoms with Crippen LogP contribution in [0.25, 0.3) is 0 Å². The number of carbonyl (C=O) groups excluding carboxylic acids is 3. The summed E-state index contributed by atoms with van der Waals surface area (Å²) < 4.78 is 10.1. The van der Waals surface area contributed by atoms with Crippen molar-refractivity contribution in [1.82, 2.24) is 5.32 Å². The average molecular weight is 357 g/mol. The number of rotatable bonds is 7. The van der Waals surface area contributed by atoms with E-state index in [9.17, 15) is 14.4 Å². The van der Waals surface area contributed by atoms with E-state index in [0.29, 0.717) is 22.6 Å². The van der Waals surface area contributed by atoms with Crippen molar-refractivity contribution in [2.75, 3.05) is 7.11 Å². The number of hydrogen-bond acceptors (Lipinski definition) is 5. The zero-order chi connectivity index (χ0) is 19.3. The van der Waals surface area contributed by atoms with Crippen molar-refractivity contribution < 1.29 is 23.5 Å². The molecule has 1 aromatic carbocycles. The number of esters is 1. The Kier molecular flexibility index (Phi) is 6.33. The number of benzene rings is 1. The highest BCUT2D eigenvalue weighted by atomic mass is 16.5.